The Kier molecular flexibility index (Phi) is 5.74. The van der Waals surface area contributed by atoms with E-state index in [0.29, 0.717) is 25.6 Å². The van der Waals surface area contributed by atoms with Crippen LogP contribution in [0.4, 0.5) is 9.18 Å². The molecule has 8 nitrogen and oxygen atoms in total. The van der Waals surface area contributed by atoms with Crippen LogP contribution in [0, 0.1) is 17.7 Å². The highest BCUT2D eigenvalue weighted by Crippen LogP contribution is 2.31. The number of hydrazone groups is 1. The first-order chi connectivity index (χ1) is 14.7. The van der Waals surface area contributed by atoms with Gasteiger partial charge in [0.15, 0.2) is 6.29 Å². The molecule has 168 valence electrons. The second-order valence-electron chi connectivity index (χ2n) is 9.41. The molecule has 0 radical (unpaired) electrons. The van der Waals surface area contributed by atoms with Gasteiger partial charge in [0.25, 0.3) is 5.91 Å². The van der Waals surface area contributed by atoms with E-state index in [2.05, 4.69) is 24.1 Å². The van der Waals surface area contributed by atoms with Crippen molar-refractivity contribution in [3.8, 4) is 0 Å². The van der Waals surface area contributed by atoms with Crippen LogP contribution in [0.5, 0.6) is 0 Å². The van der Waals surface area contributed by atoms with E-state index in [-0.39, 0.29) is 30.0 Å². The van der Waals surface area contributed by atoms with Gasteiger partial charge in [0, 0.05) is 26.7 Å². The quantitative estimate of drug-likeness (QED) is 0.773. The van der Waals surface area contributed by atoms with E-state index in [1.165, 1.54) is 17.0 Å². The molecule has 3 amide bonds. The number of rotatable bonds is 5. The number of hydrogen-bond donors (Lipinski definition) is 1. The number of nitrogens with zero attached hydrogens (tertiary/aromatic N) is 5. The van der Waals surface area contributed by atoms with Crippen LogP contribution >= 0.6 is 0 Å². The molecule has 9 heteroatoms. The smallest absolute Gasteiger partial charge is 0.310 e. The molecule has 3 heterocycles. The predicted molar refractivity (Wildman–Crippen MR) is 115 cm³/mol. The molecule has 1 aromatic rings. The van der Waals surface area contributed by atoms with Gasteiger partial charge in [-0.2, -0.15) is 5.10 Å². The molecule has 0 aromatic heterocycles. The molecular formula is C22H31FN6O2. The van der Waals surface area contributed by atoms with Crippen molar-refractivity contribution in [2.45, 2.75) is 46.2 Å². The number of urea groups is 1. The average Bonchev–Trinajstić information content (AvgIpc) is 3.09. The first-order valence-electron chi connectivity index (χ1n) is 10.9. The third-order valence-electron chi connectivity index (χ3n) is 5.90. The SMILES string of the molecule is CC(C)CN1C(=O)C2C(NC3N(CC(C)C)N=C(c4ccc(F)cc4)CN23)N(C)C1=O. The molecule has 2 fully saturated rings. The number of hydrogen-bond acceptors (Lipinski definition) is 6. The molecule has 3 aliphatic rings. The van der Waals surface area contributed by atoms with Crippen molar-refractivity contribution in [3.05, 3.63) is 35.6 Å². The van der Waals surface area contributed by atoms with Crippen molar-refractivity contribution in [1.29, 1.82) is 0 Å². The first kappa shape index (κ1) is 21.7. The minimum Gasteiger partial charge on any atom is -0.310 e. The predicted octanol–water partition coefficient (Wildman–Crippen LogP) is 1.93. The lowest BCUT2D eigenvalue weighted by Gasteiger charge is -2.43. The maximum Gasteiger partial charge on any atom is 0.327 e. The van der Waals surface area contributed by atoms with Gasteiger partial charge in [-0.1, -0.05) is 39.8 Å². The number of nitrogens with one attached hydrogen (secondary N) is 1. The number of fused-ring (bicyclic) bond motifs is 3. The van der Waals surface area contributed by atoms with E-state index in [0.717, 1.165) is 11.3 Å². The van der Waals surface area contributed by atoms with Gasteiger partial charge < -0.3 is 4.90 Å². The molecule has 1 aromatic carbocycles. The van der Waals surface area contributed by atoms with E-state index in [1.54, 1.807) is 24.1 Å². The average molecular weight is 431 g/mol. The van der Waals surface area contributed by atoms with Gasteiger partial charge >= 0.3 is 6.03 Å². The van der Waals surface area contributed by atoms with Gasteiger partial charge in [-0.25, -0.2) is 14.1 Å². The molecule has 31 heavy (non-hydrogen) atoms. The van der Waals surface area contributed by atoms with Crippen LogP contribution < -0.4 is 5.32 Å². The van der Waals surface area contributed by atoms with Crippen LogP contribution in [-0.4, -0.2) is 82.5 Å². The Morgan fingerprint density at radius 2 is 1.74 bits per heavy atom. The van der Waals surface area contributed by atoms with Gasteiger partial charge in [-0.05, 0) is 29.5 Å². The largest absolute Gasteiger partial charge is 0.327 e. The molecule has 3 atom stereocenters. The Bertz CT molecular complexity index is 886. The minimum atomic E-state index is -0.507. The topological polar surface area (TPSA) is 71.5 Å². The van der Waals surface area contributed by atoms with Gasteiger partial charge in [0.1, 0.15) is 18.0 Å². The summed E-state index contributed by atoms with van der Waals surface area (Å²) in [5.41, 5.74) is 1.60. The van der Waals surface area contributed by atoms with E-state index < -0.39 is 12.2 Å². The summed E-state index contributed by atoms with van der Waals surface area (Å²) < 4.78 is 13.5. The molecular weight excluding hydrogens is 399 g/mol. The molecule has 3 aliphatic heterocycles. The molecule has 0 bridgehead atoms. The standard InChI is InChI=1S/C22H31FN6O2/c1-13(2)10-28-20(30)18-19(26(5)22(28)31)24-21-27(18)12-17(25-29(21)11-14(3)4)15-6-8-16(23)9-7-15/h6-9,13-14,18-19,21,24H,10-12H2,1-5H3. The molecule has 1 N–H and O–H groups in total. The van der Waals surface area contributed by atoms with Crippen molar-refractivity contribution in [1.82, 2.24) is 25.0 Å². The van der Waals surface area contributed by atoms with Crippen molar-refractivity contribution < 1.29 is 14.0 Å². The van der Waals surface area contributed by atoms with Crippen LogP contribution in [0.15, 0.2) is 29.4 Å². The normalized spacial score (nSPS) is 26.6. The number of carbonyl (C=O) groups is 2. The van der Waals surface area contributed by atoms with Crippen LogP contribution in [0.1, 0.15) is 33.3 Å². The van der Waals surface area contributed by atoms with Crippen LogP contribution in [0.3, 0.4) is 0 Å². The van der Waals surface area contributed by atoms with E-state index in [1.807, 2.05) is 18.9 Å². The summed E-state index contributed by atoms with van der Waals surface area (Å²) >= 11 is 0. The molecule has 3 unspecified atom stereocenters. The lowest BCUT2D eigenvalue weighted by Crippen LogP contribution is -2.66. The fraction of sp³-hybridized carbons (Fsp3) is 0.591. The van der Waals surface area contributed by atoms with Crippen LogP contribution in [0.25, 0.3) is 0 Å². The third kappa shape index (κ3) is 3.92. The Morgan fingerprint density at radius 1 is 1.10 bits per heavy atom. The van der Waals surface area contributed by atoms with Crippen LogP contribution in [0.2, 0.25) is 0 Å². The molecule has 0 saturated carbocycles. The number of likely N-dealkylation sites (N-methyl/N-ethyl adjacent to an activating group) is 1. The Morgan fingerprint density at radius 3 is 2.35 bits per heavy atom. The summed E-state index contributed by atoms with van der Waals surface area (Å²) in [6.45, 7) is 9.71. The molecule has 2 saturated heterocycles. The van der Waals surface area contributed by atoms with E-state index in [9.17, 15) is 14.0 Å². The van der Waals surface area contributed by atoms with Gasteiger partial charge in [-0.3, -0.25) is 20.0 Å². The summed E-state index contributed by atoms with van der Waals surface area (Å²) in [6, 6.07) is 5.49. The minimum absolute atomic E-state index is 0.179. The summed E-state index contributed by atoms with van der Waals surface area (Å²) in [4.78, 5) is 31.4. The van der Waals surface area contributed by atoms with Gasteiger partial charge in [0.2, 0.25) is 0 Å². The lowest BCUT2D eigenvalue weighted by molar-refractivity contribution is -0.139. The molecule has 0 aliphatic carbocycles. The van der Waals surface area contributed by atoms with Gasteiger partial charge in [0.05, 0.1) is 5.71 Å². The van der Waals surface area contributed by atoms with Crippen molar-refractivity contribution in [2.75, 3.05) is 26.7 Å². The van der Waals surface area contributed by atoms with Crippen molar-refractivity contribution in [2.24, 2.45) is 16.9 Å². The highest BCUT2D eigenvalue weighted by Gasteiger charge is 2.56. The highest BCUT2D eigenvalue weighted by atomic mass is 19.1. The Hall–Kier alpha value is -2.52. The maximum atomic E-state index is 13.5. The first-order valence-corrected chi connectivity index (χ1v) is 10.9. The Balaban J connectivity index is 1.70. The second-order valence-corrected chi connectivity index (χ2v) is 9.41. The molecule has 4 rings (SSSR count). The number of benzene rings is 1. The fourth-order valence-electron chi connectivity index (χ4n) is 4.53. The monoisotopic (exact) mass is 430 g/mol. The lowest BCUT2D eigenvalue weighted by atomic mass is 10.1. The third-order valence-corrected chi connectivity index (χ3v) is 5.90. The zero-order chi connectivity index (χ0) is 22.4. The van der Waals surface area contributed by atoms with Gasteiger partial charge in [-0.15, -0.1) is 0 Å². The Labute approximate surface area is 182 Å². The number of carbonyl (C=O) groups excluding carboxylic acids is 2. The summed E-state index contributed by atoms with van der Waals surface area (Å²) in [5, 5.41) is 10.3. The second kappa shape index (κ2) is 8.20. The van der Waals surface area contributed by atoms with E-state index >= 15 is 0 Å². The zero-order valence-corrected chi connectivity index (χ0v) is 18.7. The number of halogens is 1. The van der Waals surface area contributed by atoms with Crippen molar-refractivity contribution >= 4 is 17.6 Å². The number of imide groups is 1. The van der Waals surface area contributed by atoms with Crippen LogP contribution in [-0.2, 0) is 4.79 Å². The van der Waals surface area contributed by atoms with Crippen molar-refractivity contribution in [3.63, 3.8) is 0 Å². The maximum absolute atomic E-state index is 13.5. The summed E-state index contributed by atoms with van der Waals surface area (Å²) in [7, 11) is 1.74. The molecule has 0 spiro atoms. The number of amides is 3. The fourth-order valence-corrected chi connectivity index (χ4v) is 4.53. The summed E-state index contributed by atoms with van der Waals surface area (Å²) in [5.74, 6) is 0.0433. The van der Waals surface area contributed by atoms with E-state index in [4.69, 9.17) is 5.10 Å². The highest BCUT2D eigenvalue weighted by molar-refractivity contribution is 6.04. The zero-order valence-electron chi connectivity index (χ0n) is 18.7. The summed E-state index contributed by atoms with van der Waals surface area (Å²) in [6.07, 6.45) is -0.717.